The number of carbonyl (C=O) groups is 1. The number of aryl methyl sites for hydroxylation is 1. The summed E-state index contributed by atoms with van der Waals surface area (Å²) in [5.41, 5.74) is 1.90. The second-order valence-electron chi connectivity index (χ2n) is 6.80. The van der Waals surface area contributed by atoms with Crippen molar-refractivity contribution in [3.05, 3.63) is 100.0 Å². The molecule has 0 atom stereocenters. The van der Waals surface area contributed by atoms with Crippen molar-refractivity contribution < 1.29 is 9.90 Å². The van der Waals surface area contributed by atoms with Gasteiger partial charge in [0.2, 0.25) is 0 Å². The van der Waals surface area contributed by atoms with E-state index in [0.29, 0.717) is 16.7 Å². The lowest BCUT2D eigenvalue weighted by molar-refractivity contribution is 0.102. The molecular formula is C23H19N3O3. The smallest absolute Gasteiger partial charge is 0.269 e. The number of aromatic hydroxyl groups is 1. The molecular weight excluding hydrogens is 366 g/mol. The quantitative estimate of drug-likeness (QED) is 0.561. The summed E-state index contributed by atoms with van der Waals surface area (Å²) in [6.07, 6.45) is 1.55. The molecule has 0 radical (unpaired) electrons. The van der Waals surface area contributed by atoms with Crippen LogP contribution in [0.25, 0.3) is 11.0 Å². The number of benzene rings is 2. The lowest BCUT2D eigenvalue weighted by Crippen LogP contribution is -2.30. The van der Waals surface area contributed by atoms with Gasteiger partial charge in [0.05, 0.1) is 11.9 Å². The SMILES string of the molecule is Cc1ccc(NC(=O)c2c(O)c3cccnc3n(Cc3ccccc3)c2=O)cc1. The zero-order valence-electron chi connectivity index (χ0n) is 15.8. The molecule has 0 aliphatic rings. The van der Waals surface area contributed by atoms with E-state index in [-0.39, 0.29) is 17.9 Å². The summed E-state index contributed by atoms with van der Waals surface area (Å²) in [4.78, 5) is 30.3. The van der Waals surface area contributed by atoms with E-state index in [1.165, 1.54) is 4.57 Å². The molecule has 4 rings (SSSR count). The fourth-order valence-corrected chi connectivity index (χ4v) is 3.21. The first-order valence-electron chi connectivity index (χ1n) is 9.17. The number of carbonyl (C=O) groups excluding carboxylic acids is 1. The van der Waals surface area contributed by atoms with E-state index in [9.17, 15) is 14.7 Å². The fourth-order valence-electron chi connectivity index (χ4n) is 3.21. The van der Waals surface area contributed by atoms with Gasteiger partial charge < -0.3 is 10.4 Å². The van der Waals surface area contributed by atoms with Crippen LogP contribution >= 0.6 is 0 Å². The minimum atomic E-state index is -0.663. The highest BCUT2D eigenvalue weighted by Gasteiger charge is 2.23. The van der Waals surface area contributed by atoms with Gasteiger partial charge in [-0.25, -0.2) is 4.98 Å². The molecule has 144 valence electrons. The van der Waals surface area contributed by atoms with Gasteiger partial charge in [-0.05, 0) is 36.8 Å². The molecule has 6 nitrogen and oxygen atoms in total. The molecule has 0 spiro atoms. The summed E-state index contributed by atoms with van der Waals surface area (Å²) in [5.74, 6) is -1.03. The molecule has 29 heavy (non-hydrogen) atoms. The lowest BCUT2D eigenvalue weighted by Gasteiger charge is -2.14. The summed E-state index contributed by atoms with van der Waals surface area (Å²) in [6, 6.07) is 19.9. The summed E-state index contributed by atoms with van der Waals surface area (Å²) >= 11 is 0. The highest BCUT2D eigenvalue weighted by atomic mass is 16.3. The first-order chi connectivity index (χ1) is 14.0. The lowest BCUT2D eigenvalue weighted by atomic mass is 10.1. The first kappa shape index (κ1) is 18.4. The Bertz CT molecular complexity index is 1250. The standard InChI is InChI=1S/C23H19N3O3/c1-15-9-11-17(12-10-15)25-22(28)19-20(27)18-8-5-13-24-21(18)26(23(19)29)14-16-6-3-2-4-7-16/h2-13,27H,14H2,1H3,(H,25,28). The Hall–Kier alpha value is -3.93. The number of nitrogens with one attached hydrogen (secondary N) is 1. The summed E-state index contributed by atoms with van der Waals surface area (Å²) in [6.45, 7) is 2.17. The number of rotatable bonds is 4. The van der Waals surface area contributed by atoms with Crippen molar-refractivity contribution in [1.82, 2.24) is 9.55 Å². The predicted octanol–water partition coefficient (Wildman–Crippen LogP) is 3.71. The van der Waals surface area contributed by atoms with Crippen molar-refractivity contribution in [3.8, 4) is 5.75 Å². The van der Waals surface area contributed by atoms with E-state index in [4.69, 9.17) is 0 Å². The number of anilines is 1. The van der Waals surface area contributed by atoms with Crippen LogP contribution in [0.5, 0.6) is 5.75 Å². The van der Waals surface area contributed by atoms with Crippen molar-refractivity contribution in [2.24, 2.45) is 0 Å². The average molecular weight is 385 g/mol. The van der Waals surface area contributed by atoms with Crippen molar-refractivity contribution in [3.63, 3.8) is 0 Å². The van der Waals surface area contributed by atoms with E-state index in [2.05, 4.69) is 10.3 Å². The molecule has 0 aliphatic heterocycles. The number of hydrogen-bond donors (Lipinski definition) is 2. The number of hydrogen-bond acceptors (Lipinski definition) is 4. The Morgan fingerprint density at radius 1 is 1.03 bits per heavy atom. The van der Waals surface area contributed by atoms with Gasteiger partial charge in [0.15, 0.2) is 0 Å². The molecule has 0 saturated heterocycles. The Labute approximate surface area is 167 Å². The highest BCUT2D eigenvalue weighted by Crippen LogP contribution is 2.26. The van der Waals surface area contributed by atoms with Crippen LogP contribution in [0.4, 0.5) is 5.69 Å². The normalized spacial score (nSPS) is 10.8. The van der Waals surface area contributed by atoms with Crippen LogP contribution in [0.2, 0.25) is 0 Å². The first-order valence-corrected chi connectivity index (χ1v) is 9.17. The molecule has 2 aromatic heterocycles. The zero-order valence-corrected chi connectivity index (χ0v) is 15.8. The molecule has 0 saturated carbocycles. The molecule has 6 heteroatoms. The molecule has 2 heterocycles. The maximum absolute atomic E-state index is 13.2. The molecule has 0 bridgehead atoms. The van der Waals surface area contributed by atoms with Gasteiger partial charge in [0.1, 0.15) is 17.0 Å². The molecule has 4 aromatic rings. The van der Waals surface area contributed by atoms with Crippen molar-refractivity contribution >= 4 is 22.6 Å². The van der Waals surface area contributed by atoms with E-state index >= 15 is 0 Å². The van der Waals surface area contributed by atoms with Gasteiger partial charge in [-0.15, -0.1) is 0 Å². The predicted molar refractivity (Wildman–Crippen MR) is 112 cm³/mol. The number of pyridine rings is 2. The number of aromatic nitrogens is 2. The number of fused-ring (bicyclic) bond motifs is 1. The van der Waals surface area contributed by atoms with Gasteiger partial charge in [-0.1, -0.05) is 48.0 Å². The topological polar surface area (TPSA) is 84.2 Å². The summed E-state index contributed by atoms with van der Waals surface area (Å²) in [5, 5.41) is 13.7. The van der Waals surface area contributed by atoms with E-state index in [1.807, 2.05) is 49.4 Å². The monoisotopic (exact) mass is 385 g/mol. The minimum absolute atomic E-state index is 0.234. The van der Waals surface area contributed by atoms with Crippen LogP contribution in [0.3, 0.4) is 0 Å². The number of amides is 1. The third-order valence-corrected chi connectivity index (χ3v) is 4.71. The summed E-state index contributed by atoms with van der Waals surface area (Å²) in [7, 11) is 0. The molecule has 2 N–H and O–H groups in total. The second-order valence-corrected chi connectivity index (χ2v) is 6.80. The van der Waals surface area contributed by atoms with Gasteiger partial charge in [-0.2, -0.15) is 0 Å². The fraction of sp³-hybridized carbons (Fsp3) is 0.0870. The van der Waals surface area contributed by atoms with Crippen LogP contribution in [-0.2, 0) is 6.54 Å². The second kappa shape index (κ2) is 7.59. The molecule has 0 fully saturated rings. The van der Waals surface area contributed by atoms with Crippen LogP contribution in [0.1, 0.15) is 21.5 Å². The Balaban J connectivity index is 1.84. The maximum Gasteiger partial charge on any atom is 0.269 e. The van der Waals surface area contributed by atoms with Crippen LogP contribution in [-0.4, -0.2) is 20.6 Å². The average Bonchev–Trinajstić information content (AvgIpc) is 2.74. The third kappa shape index (κ3) is 3.60. The maximum atomic E-state index is 13.2. The summed E-state index contributed by atoms with van der Waals surface area (Å²) < 4.78 is 1.41. The zero-order chi connectivity index (χ0) is 20.4. The van der Waals surface area contributed by atoms with E-state index in [1.54, 1.807) is 30.5 Å². The number of nitrogens with zero attached hydrogens (tertiary/aromatic N) is 2. The molecule has 1 amide bonds. The molecule has 2 aromatic carbocycles. The third-order valence-electron chi connectivity index (χ3n) is 4.71. The minimum Gasteiger partial charge on any atom is -0.506 e. The Kier molecular flexibility index (Phi) is 4.83. The van der Waals surface area contributed by atoms with Gasteiger partial charge in [0.25, 0.3) is 11.5 Å². The van der Waals surface area contributed by atoms with Gasteiger partial charge >= 0.3 is 0 Å². The molecule has 0 unspecified atom stereocenters. The van der Waals surface area contributed by atoms with Gasteiger partial charge in [-0.3, -0.25) is 14.2 Å². The van der Waals surface area contributed by atoms with Crippen molar-refractivity contribution in [2.75, 3.05) is 5.32 Å². The Morgan fingerprint density at radius 3 is 2.48 bits per heavy atom. The van der Waals surface area contributed by atoms with Crippen LogP contribution in [0.15, 0.2) is 77.7 Å². The van der Waals surface area contributed by atoms with Crippen LogP contribution in [0, 0.1) is 6.92 Å². The van der Waals surface area contributed by atoms with E-state index in [0.717, 1.165) is 11.1 Å². The van der Waals surface area contributed by atoms with Gasteiger partial charge in [0, 0.05) is 11.9 Å². The van der Waals surface area contributed by atoms with E-state index < -0.39 is 11.5 Å². The highest BCUT2D eigenvalue weighted by molar-refractivity contribution is 6.08. The largest absolute Gasteiger partial charge is 0.506 e. The van der Waals surface area contributed by atoms with Crippen LogP contribution < -0.4 is 10.9 Å². The van der Waals surface area contributed by atoms with Crippen molar-refractivity contribution in [2.45, 2.75) is 13.5 Å². The Morgan fingerprint density at radius 2 is 1.76 bits per heavy atom. The van der Waals surface area contributed by atoms with Crippen molar-refractivity contribution in [1.29, 1.82) is 0 Å². The molecule has 0 aliphatic carbocycles.